The van der Waals surface area contributed by atoms with Gasteiger partial charge >= 0.3 is 0 Å². The summed E-state index contributed by atoms with van der Waals surface area (Å²) in [5, 5.41) is 9.97. The maximum atomic E-state index is 11.3. The molecule has 1 N–H and O–H groups in total. The van der Waals surface area contributed by atoms with Crippen molar-refractivity contribution >= 4 is 40.4 Å². The summed E-state index contributed by atoms with van der Waals surface area (Å²) in [5.41, 5.74) is 1.07. The van der Waals surface area contributed by atoms with Gasteiger partial charge in [0.15, 0.2) is 0 Å². The van der Waals surface area contributed by atoms with Gasteiger partial charge in [-0.25, -0.2) is 4.98 Å². The summed E-state index contributed by atoms with van der Waals surface area (Å²) in [6, 6.07) is 32.5. The third-order valence-electron chi connectivity index (χ3n) is 5.08. The lowest BCUT2D eigenvalue weighted by Crippen LogP contribution is -2.32. The zero-order valence-corrected chi connectivity index (χ0v) is 18.6. The summed E-state index contributed by atoms with van der Waals surface area (Å²) in [4.78, 5) is 16.2. The molecule has 0 unspecified atom stereocenters. The van der Waals surface area contributed by atoms with E-state index < -0.39 is 7.26 Å². The number of carbonyl (C=O) groups is 1. The molecule has 1 aromatic heterocycles. The van der Waals surface area contributed by atoms with E-state index in [9.17, 15) is 4.79 Å². The van der Waals surface area contributed by atoms with E-state index in [1.807, 2.05) is 0 Å². The van der Waals surface area contributed by atoms with E-state index in [0.717, 1.165) is 16.9 Å². The average molecular weight is 432 g/mol. The van der Waals surface area contributed by atoms with Crippen molar-refractivity contribution in [1.29, 1.82) is 0 Å². The van der Waals surface area contributed by atoms with Gasteiger partial charge in [-0.15, -0.1) is 11.3 Å². The molecule has 0 atom stereocenters. The highest BCUT2D eigenvalue weighted by molar-refractivity contribution is 7.95. The number of amides is 1. The van der Waals surface area contributed by atoms with Crippen LogP contribution in [-0.2, 0) is 17.5 Å². The molecule has 30 heavy (non-hydrogen) atoms. The maximum Gasteiger partial charge on any atom is 0.217 e. The van der Waals surface area contributed by atoms with Crippen LogP contribution in [0.15, 0.2) is 96.4 Å². The summed E-state index contributed by atoms with van der Waals surface area (Å²) >= 11 is 1.61. The van der Waals surface area contributed by atoms with E-state index in [-0.39, 0.29) is 5.91 Å². The Morgan fingerprint density at radius 3 is 1.73 bits per heavy atom. The highest BCUT2D eigenvalue weighted by atomic mass is 32.1. The van der Waals surface area contributed by atoms with E-state index in [1.165, 1.54) is 22.8 Å². The number of nitrogens with zero attached hydrogens (tertiary/aromatic N) is 1. The molecule has 1 heterocycles. The molecule has 5 heteroatoms. The molecule has 0 aliphatic rings. The fourth-order valence-corrected chi connectivity index (χ4v) is 8.70. The Hall–Kier alpha value is -2.81. The molecular weight excluding hydrogens is 407 g/mol. The Kier molecular flexibility index (Phi) is 6.37. The normalized spacial score (nSPS) is 11.2. The van der Waals surface area contributed by atoms with Gasteiger partial charge in [0.05, 0.1) is 12.2 Å². The highest BCUT2D eigenvalue weighted by Crippen LogP contribution is 2.58. The number of hydrogen-bond acceptors (Lipinski definition) is 3. The molecule has 0 radical (unpaired) electrons. The molecule has 4 aromatic rings. The van der Waals surface area contributed by atoms with E-state index >= 15 is 0 Å². The van der Waals surface area contributed by atoms with E-state index in [2.05, 4.69) is 102 Å². The van der Waals surface area contributed by atoms with Gasteiger partial charge in [-0.05, 0) is 36.4 Å². The molecule has 4 rings (SSSR count). The van der Waals surface area contributed by atoms with Crippen molar-refractivity contribution in [2.45, 2.75) is 19.6 Å². The quantitative estimate of drug-likeness (QED) is 0.444. The van der Waals surface area contributed by atoms with Crippen LogP contribution < -0.4 is 21.2 Å². The van der Waals surface area contributed by atoms with Crippen molar-refractivity contribution in [2.24, 2.45) is 0 Å². The van der Waals surface area contributed by atoms with Crippen LogP contribution in [0, 0.1) is 0 Å². The highest BCUT2D eigenvalue weighted by Gasteiger charge is 2.45. The topological polar surface area (TPSA) is 42.0 Å². The number of thiazole rings is 1. The predicted molar refractivity (Wildman–Crippen MR) is 128 cm³/mol. The monoisotopic (exact) mass is 431 g/mol. The minimum Gasteiger partial charge on any atom is -0.350 e. The standard InChI is InChI=1S/C25H23N2OPS/c1-20(28)26-17-25-27-21(19-30-25)18-29(22-11-5-2-6-12-22,23-13-7-3-8-14-23)24-15-9-4-10-16-24/h2-16,19H,17-18H2,1H3/p+1. The van der Waals surface area contributed by atoms with Crippen LogP contribution in [0.25, 0.3) is 0 Å². The molecule has 0 saturated heterocycles. The lowest BCUT2D eigenvalue weighted by molar-refractivity contribution is -0.119. The Labute approximate surface area is 182 Å². The number of benzene rings is 3. The second kappa shape index (κ2) is 9.34. The first-order valence-corrected chi connectivity index (χ1v) is 12.8. The Morgan fingerprint density at radius 1 is 0.833 bits per heavy atom. The summed E-state index contributed by atoms with van der Waals surface area (Å²) in [6.07, 6.45) is 0.849. The van der Waals surface area contributed by atoms with Gasteiger partial charge in [0.2, 0.25) is 5.91 Å². The van der Waals surface area contributed by atoms with Gasteiger partial charge in [0.1, 0.15) is 34.3 Å². The maximum absolute atomic E-state index is 11.3. The molecule has 0 fully saturated rings. The van der Waals surface area contributed by atoms with Crippen LogP contribution in [0.3, 0.4) is 0 Å². The Balaban J connectivity index is 1.84. The molecule has 0 bridgehead atoms. The zero-order chi connectivity index (χ0) is 20.8. The second-order valence-electron chi connectivity index (χ2n) is 7.12. The van der Waals surface area contributed by atoms with Gasteiger partial charge in [-0.3, -0.25) is 4.79 Å². The molecule has 3 aromatic carbocycles. The van der Waals surface area contributed by atoms with E-state index in [4.69, 9.17) is 4.98 Å². The van der Waals surface area contributed by atoms with Crippen molar-refractivity contribution < 1.29 is 4.79 Å². The fourth-order valence-electron chi connectivity index (χ4n) is 3.71. The third kappa shape index (κ3) is 4.35. The van der Waals surface area contributed by atoms with E-state index in [1.54, 1.807) is 11.3 Å². The van der Waals surface area contributed by atoms with Gasteiger partial charge in [-0.1, -0.05) is 54.6 Å². The Morgan fingerprint density at radius 2 is 1.30 bits per heavy atom. The minimum absolute atomic E-state index is 0.0357. The van der Waals surface area contributed by atoms with Crippen molar-refractivity contribution in [3.05, 3.63) is 107 Å². The van der Waals surface area contributed by atoms with Crippen LogP contribution in [0.2, 0.25) is 0 Å². The summed E-state index contributed by atoms with van der Waals surface area (Å²) < 4.78 is 0. The molecule has 0 spiro atoms. The van der Waals surface area contributed by atoms with Crippen molar-refractivity contribution in [3.8, 4) is 0 Å². The van der Waals surface area contributed by atoms with Gasteiger partial charge in [0.25, 0.3) is 0 Å². The first kappa shape index (κ1) is 20.5. The fraction of sp³-hybridized carbons (Fsp3) is 0.120. The lowest BCUT2D eigenvalue weighted by Gasteiger charge is -2.27. The largest absolute Gasteiger partial charge is 0.350 e. The molecule has 1 amide bonds. The SMILES string of the molecule is CC(=O)NCc1nc(C[P+](c2ccccc2)(c2ccccc2)c2ccccc2)cs1. The number of carbonyl (C=O) groups excluding carboxylic acids is 1. The van der Waals surface area contributed by atoms with Crippen LogP contribution in [0.5, 0.6) is 0 Å². The molecule has 0 saturated carbocycles. The van der Waals surface area contributed by atoms with Crippen LogP contribution in [0.4, 0.5) is 0 Å². The third-order valence-corrected chi connectivity index (χ3v) is 10.3. The number of rotatable bonds is 7. The smallest absolute Gasteiger partial charge is 0.217 e. The minimum atomic E-state index is -1.94. The molecule has 3 nitrogen and oxygen atoms in total. The average Bonchev–Trinajstić information content (AvgIpc) is 3.25. The molecule has 150 valence electrons. The van der Waals surface area contributed by atoms with Gasteiger partial charge < -0.3 is 5.32 Å². The number of hydrogen-bond donors (Lipinski definition) is 1. The van der Waals surface area contributed by atoms with Crippen LogP contribution in [0.1, 0.15) is 17.6 Å². The first-order valence-electron chi connectivity index (χ1n) is 9.91. The number of nitrogens with one attached hydrogen (secondary N) is 1. The molecular formula is C25H24N2OPS+. The zero-order valence-electron chi connectivity index (χ0n) is 16.9. The lowest BCUT2D eigenvalue weighted by atomic mass is 10.4. The van der Waals surface area contributed by atoms with Crippen molar-refractivity contribution in [1.82, 2.24) is 10.3 Å². The van der Waals surface area contributed by atoms with Crippen molar-refractivity contribution in [2.75, 3.05) is 0 Å². The van der Waals surface area contributed by atoms with Gasteiger partial charge in [0, 0.05) is 12.3 Å². The second-order valence-corrected chi connectivity index (χ2v) is 11.5. The predicted octanol–water partition coefficient (Wildman–Crippen LogP) is 4.27. The van der Waals surface area contributed by atoms with Crippen LogP contribution in [-0.4, -0.2) is 10.9 Å². The first-order chi connectivity index (χ1) is 14.7. The van der Waals surface area contributed by atoms with Crippen LogP contribution >= 0.6 is 18.6 Å². The van der Waals surface area contributed by atoms with E-state index in [0.29, 0.717) is 6.54 Å². The van der Waals surface area contributed by atoms with Crippen molar-refractivity contribution in [3.63, 3.8) is 0 Å². The number of aromatic nitrogens is 1. The molecule has 0 aliphatic heterocycles. The summed E-state index contributed by atoms with van der Waals surface area (Å²) in [7, 11) is -1.94. The Bertz CT molecular complexity index is 1000. The molecule has 0 aliphatic carbocycles. The summed E-state index contributed by atoms with van der Waals surface area (Å²) in [5.74, 6) is -0.0357. The van der Waals surface area contributed by atoms with Gasteiger partial charge in [-0.2, -0.15) is 0 Å². The summed E-state index contributed by atoms with van der Waals surface area (Å²) in [6.45, 7) is 2.01.